The van der Waals surface area contributed by atoms with Gasteiger partial charge in [-0.3, -0.25) is 0 Å². The van der Waals surface area contributed by atoms with Crippen LogP contribution in [0, 0.1) is 0 Å². The highest BCUT2D eigenvalue weighted by molar-refractivity contribution is 5.92. The van der Waals surface area contributed by atoms with Crippen LogP contribution in [0.25, 0.3) is 6.08 Å². The van der Waals surface area contributed by atoms with Gasteiger partial charge in [0, 0.05) is 17.5 Å². The molecule has 204 valence electrons. The molecule has 4 N–H and O–H groups in total. The van der Waals surface area contributed by atoms with Gasteiger partial charge >= 0.3 is 24.1 Å². The number of ether oxygens (including phenoxy) is 4. The minimum atomic E-state index is -4.47. The minimum Gasteiger partial charge on any atom is -0.484 e. The summed E-state index contributed by atoms with van der Waals surface area (Å²) in [5, 5.41) is 0. The highest BCUT2D eigenvalue weighted by Crippen LogP contribution is 2.20. The Hall–Kier alpha value is -5.00. The van der Waals surface area contributed by atoms with Crippen molar-refractivity contribution in [3.05, 3.63) is 89.5 Å². The molecule has 0 aliphatic rings. The predicted molar refractivity (Wildman–Crippen MR) is 135 cm³/mol. The lowest BCUT2D eigenvalue weighted by atomic mass is 10.2. The van der Waals surface area contributed by atoms with Crippen LogP contribution in [0.5, 0.6) is 11.5 Å². The van der Waals surface area contributed by atoms with Crippen molar-refractivity contribution in [3.8, 4) is 11.5 Å². The molecule has 0 bridgehead atoms. The van der Waals surface area contributed by atoms with Crippen LogP contribution in [-0.4, -0.2) is 43.9 Å². The zero-order valence-electron chi connectivity index (χ0n) is 20.3. The lowest BCUT2D eigenvalue weighted by Crippen LogP contribution is -2.19. The number of nitrogens with two attached hydrogens (primary N) is 2. The van der Waals surface area contributed by atoms with E-state index in [2.05, 4.69) is 4.74 Å². The number of esters is 3. The molecule has 3 rings (SSSR count). The van der Waals surface area contributed by atoms with Crippen molar-refractivity contribution < 1.29 is 46.5 Å². The molecule has 0 amide bonds. The van der Waals surface area contributed by atoms with Crippen LogP contribution in [0.15, 0.2) is 72.8 Å². The number of anilines is 2. The number of benzene rings is 3. The summed E-state index contributed by atoms with van der Waals surface area (Å²) in [6, 6.07) is 15.5. The third kappa shape index (κ3) is 9.76. The van der Waals surface area contributed by atoms with Crippen molar-refractivity contribution in [3.63, 3.8) is 0 Å². The Kier molecular flexibility index (Phi) is 9.52. The maximum atomic E-state index is 12.3. The van der Waals surface area contributed by atoms with Crippen molar-refractivity contribution >= 4 is 35.4 Å². The Balaban J connectivity index is 1.41. The average Bonchev–Trinajstić information content (AvgIpc) is 2.88. The number of rotatable bonds is 10. The molecular formula is C27H23F3N2O7. The Morgan fingerprint density at radius 2 is 1.33 bits per heavy atom. The number of carbonyl (C=O) groups is 3. The zero-order valence-corrected chi connectivity index (χ0v) is 20.3. The van der Waals surface area contributed by atoms with Gasteiger partial charge < -0.3 is 30.4 Å². The molecule has 3 aromatic rings. The highest BCUT2D eigenvalue weighted by Gasteiger charge is 2.28. The average molecular weight is 544 g/mol. The van der Waals surface area contributed by atoms with Gasteiger partial charge in [0.2, 0.25) is 0 Å². The summed E-state index contributed by atoms with van der Waals surface area (Å²) in [5.41, 5.74) is 12.8. The standard InChI is InChI=1S/C27H23F3N2O7/c28-27(29,30)16-38-22-8-4-18(5-9-22)26(35)39-23-6-1-17(2-7-23)3-10-24(33)36-11-12-37-25(34)19-13-20(31)15-21(32)14-19/h1-10,13-15H,11-12,16,31-32H2. The number of hydrogen-bond donors (Lipinski definition) is 2. The van der Waals surface area contributed by atoms with E-state index in [4.69, 9.17) is 25.7 Å². The maximum absolute atomic E-state index is 12.3. The lowest BCUT2D eigenvalue weighted by molar-refractivity contribution is -0.153. The molecule has 9 nitrogen and oxygen atoms in total. The molecule has 0 radical (unpaired) electrons. The van der Waals surface area contributed by atoms with Crippen molar-refractivity contribution in [2.45, 2.75) is 6.18 Å². The van der Waals surface area contributed by atoms with E-state index in [-0.39, 0.29) is 35.8 Å². The van der Waals surface area contributed by atoms with Gasteiger partial charge in [-0.2, -0.15) is 13.2 Å². The maximum Gasteiger partial charge on any atom is 0.422 e. The van der Waals surface area contributed by atoms with Crippen LogP contribution in [0.3, 0.4) is 0 Å². The topological polar surface area (TPSA) is 140 Å². The van der Waals surface area contributed by atoms with Crippen molar-refractivity contribution in [2.24, 2.45) is 0 Å². The molecule has 0 saturated carbocycles. The highest BCUT2D eigenvalue weighted by atomic mass is 19.4. The van der Waals surface area contributed by atoms with Crippen LogP contribution in [0.2, 0.25) is 0 Å². The van der Waals surface area contributed by atoms with Crippen molar-refractivity contribution in [1.82, 2.24) is 0 Å². The van der Waals surface area contributed by atoms with E-state index < -0.39 is 30.7 Å². The van der Waals surface area contributed by atoms with E-state index in [0.29, 0.717) is 16.9 Å². The molecule has 0 atom stereocenters. The van der Waals surface area contributed by atoms with Crippen LogP contribution in [-0.2, 0) is 14.3 Å². The molecule has 12 heteroatoms. The fourth-order valence-corrected chi connectivity index (χ4v) is 3.03. The number of nitrogen functional groups attached to an aromatic ring is 2. The normalized spacial score (nSPS) is 11.2. The number of halogens is 3. The third-order valence-corrected chi connectivity index (χ3v) is 4.77. The van der Waals surface area contributed by atoms with E-state index in [9.17, 15) is 27.6 Å². The first-order valence-electron chi connectivity index (χ1n) is 11.3. The Bertz CT molecular complexity index is 1320. The second-order valence-corrected chi connectivity index (χ2v) is 7.91. The Morgan fingerprint density at radius 3 is 1.95 bits per heavy atom. The van der Waals surface area contributed by atoms with Gasteiger partial charge in [-0.15, -0.1) is 0 Å². The molecule has 0 fully saturated rings. The zero-order chi connectivity index (χ0) is 28.4. The molecule has 0 saturated heterocycles. The van der Waals surface area contributed by atoms with E-state index in [0.717, 1.165) is 0 Å². The van der Waals surface area contributed by atoms with Gasteiger partial charge in [0.15, 0.2) is 6.61 Å². The second-order valence-electron chi connectivity index (χ2n) is 7.91. The molecule has 0 aliphatic heterocycles. The molecular weight excluding hydrogens is 521 g/mol. The number of carbonyl (C=O) groups excluding carboxylic acids is 3. The quantitative estimate of drug-likeness (QED) is 0.125. The Morgan fingerprint density at radius 1 is 0.744 bits per heavy atom. The van der Waals surface area contributed by atoms with E-state index in [1.165, 1.54) is 66.7 Å². The van der Waals surface area contributed by atoms with Crippen molar-refractivity contribution in [1.29, 1.82) is 0 Å². The van der Waals surface area contributed by atoms with E-state index >= 15 is 0 Å². The van der Waals surface area contributed by atoms with Crippen LogP contribution < -0.4 is 20.9 Å². The summed E-state index contributed by atoms with van der Waals surface area (Å²) < 4.78 is 56.5. The van der Waals surface area contributed by atoms with Gasteiger partial charge in [0.1, 0.15) is 24.7 Å². The molecule has 0 aromatic heterocycles. The van der Waals surface area contributed by atoms with E-state index in [1.807, 2.05) is 0 Å². The largest absolute Gasteiger partial charge is 0.484 e. The van der Waals surface area contributed by atoms with E-state index in [1.54, 1.807) is 12.1 Å². The van der Waals surface area contributed by atoms with Gasteiger partial charge in [-0.1, -0.05) is 12.1 Å². The molecule has 0 spiro atoms. The molecule has 0 heterocycles. The molecule has 0 aliphatic carbocycles. The molecule has 39 heavy (non-hydrogen) atoms. The summed E-state index contributed by atoms with van der Waals surface area (Å²) >= 11 is 0. The monoisotopic (exact) mass is 544 g/mol. The number of hydrogen-bond acceptors (Lipinski definition) is 9. The van der Waals surface area contributed by atoms with Gasteiger partial charge in [0.05, 0.1) is 11.1 Å². The third-order valence-electron chi connectivity index (χ3n) is 4.77. The predicted octanol–water partition coefficient (Wildman–Crippen LogP) is 4.42. The number of alkyl halides is 3. The van der Waals surface area contributed by atoms with Crippen molar-refractivity contribution in [2.75, 3.05) is 31.3 Å². The first kappa shape index (κ1) is 28.6. The second kappa shape index (κ2) is 13.0. The van der Waals surface area contributed by atoms with Crippen LogP contribution in [0.1, 0.15) is 26.3 Å². The Labute approximate surface area is 220 Å². The summed E-state index contributed by atoms with van der Waals surface area (Å²) in [7, 11) is 0. The van der Waals surface area contributed by atoms with Gasteiger partial charge in [0.25, 0.3) is 0 Å². The minimum absolute atomic E-state index is 0.0389. The lowest BCUT2D eigenvalue weighted by Gasteiger charge is -2.09. The van der Waals surface area contributed by atoms with Gasteiger partial charge in [-0.25, -0.2) is 14.4 Å². The SMILES string of the molecule is Nc1cc(N)cc(C(=O)OCCOC(=O)C=Cc2ccc(OC(=O)c3ccc(OCC(F)(F)F)cc3)cc2)c1. The summed E-state index contributed by atoms with van der Waals surface area (Å²) in [6.07, 6.45) is -1.83. The fourth-order valence-electron chi connectivity index (χ4n) is 3.03. The summed E-state index contributed by atoms with van der Waals surface area (Å²) in [4.78, 5) is 36.1. The van der Waals surface area contributed by atoms with Crippen LogP contribution >= 0.6 is 0 Å². The molecule has 3 aromatic carbocycles. The first-order valence-corrected chi connectivity index (χ1v) is 11.3. The van der Waals surface area contributed by atoms with Gasteiger partial charge in [-0.05, 0) is 66.2 Å². The smallest absolute Gasteiger partial charge is 0.422 e. The first-order chi connectivity index (χ1) is 18.5. The fraction of sp³-hybridized carbons (Fsp3) is 0.148. The summed E-state index contributed by atoms with van der Waals surface area (Å²) in [5.74, 6) is -1.88. The molecule has 0 unspecified atom stereocenters. The van der Waals surface area contributed by atoms with Crippen LogP contribution in [0.4, 0.5) is 24.5 Å². The summed E-state index contributed by atoms with van der Waals surface area (Å²) in [6.45, 7) is -1.78.